The molecule has 0 fully saturated rings. The number of hydrogen-bond donors (Lipinski definition) is 0. The summed E-state index contributed by atoms with van der Waals surface area (Å²) in [6.45, 7) is 2.79. The Labute approximate surface area is 143 Å². The largest absolute Gasteiger partial charge is 0.481 e. The van der Waals surface area contributed by atoms with Gasteiger partial charge in [0, 0.05) is 39.3 Å². The molecule has 0 saturated carbocycles. The van der Waals surface area contributed by atoms with Crippen LogP contribution in [0.2, 0.25) is 0 Å². The Hall–Kier alpha value is -1.37. The second-order valence-electron chi connectivity index (χ2n) is 3.93. The zero-order chi connectivity index (χ0) is 13.7. The number of pyridine rings is 1. The molecule has 3 nitrogen and oxygen atoms in total. The number of benzene rings is 1. The van der Waals surface area contributed by atoms with Gasteiger partial charge >= 0.3 is 0 Å². The van der Waals surface area contributed by atoms with Crippen molar-refractivity contribution in [3.63, 3.8) is 0 Å². The predicted octanol–water partition coefficient (Wildman–Crippen LogP) is 2.34. The van der Waals surface area contributed by atoms with E-state index in [1.807, 2.05) is 31.2 Å². The molecule has 1 heterocycles. The van der Waals surface area contributed by atoms with Gasteiger partial charge in [-0.15, -0.1) is 18.6 Å². The molecule has 1 aromatic carbocycles. The normalized spacial score (nSPS) is 9.40. The van der Waals surface area contributed by atoms with Gasteiger partial charge in [0.25, 0.3) is 0 Å². The van der Waals surface area contributed by atoms with Crippen LogP contribution in [0.15, 0.2) is 41.2 Å². The first-order valence-corrected chi connectivity index (χ1v) is 6.04. The zero-order valence-corrected chi connectivity index (χ0v) is 14.1. The van der Waals surface area contributed by atoms with Gasteiger partial charge in [-0.3, -0.25) is 4.79 Å². The Morgan fingerprint density at radius 2 is 2.00 bits per heavy atom. The van der Waals surface area contributed by atoms with Crippen LogP contribution in [0.25, 0.3) is 11.3 Å². The molecule has 0 atom stereocenters. The van der Waals surface area contributed by atoms with E-state index in [0.29, 0.717) is 12.3 Å². The van der Waals surface area contributed by atoms with Crippen molar-refractivity contribution in [3.8, 4) is 29.4 Å². The van der Waals surface area contributed by atoms with Crippen LogP contribution in [0, 0.1) is 18.4 Å². The first-order valence-electron chi connectivity index (χ1n) is 6.04. The van der Waals surface area contributed by atoms with Crippen LogP contribution in [-0.2, 0) is 39.3 Å². The maximum absolute atomic E-state index is 11.7. The van der Waals surface area contributed by atoms with E-state index in [0.717, 1.165) is 11.3 Å². The Balaban J connectivity index is 0.00000200. The molecule has 0 bridgehead atoms. The fourth-order valence-corrected chi connectivity index (χ4v) is 1.86. The van der Waals surface area contributed by atoms with Crippen molar-refractivity contribution in [2.24, 2.45) is 0 Å². The quantitative estimate of drug-likeness (QED) is 0.632. The average Bonchev–Trinajstić information content (AvgIpc) is 2.45. The molecule has 20 heavy (non-hydrogen) atoms. The van der Waals surface area contributed by atoms with Gasteiger partial charge < -0.3 is 9.30 Å². The molecule has 2 rings (SSSR count). The molecular weight excluding hydrogens is 327 g/mol. The Morgan fingerprint density at radius 1 is 1.30 bits per heavy atom. The molecule has 0 N–H and O–H groups in total. The van der Waals surface area contributed by atoms with Crippen molar-refractivity contribution in [1.29, 1.82) is 0 Å². The number of aromatic nitrogens is 1. The second kappa shape index (κ2) is 8.04. The summed E-state index contributed by atoms with van der Waals surface area (Å²) in [4.78, 5) is 11.7. The minimum absolute atomic E-state index is 0. The molecule has 0 aliphatic heterocycles. The van der Waals surface area contributed by atoms with Gasteiger partial charge in [-0.2, -0.15) is 12.1 Å². The van der Waals surface area contributed by atoms with Crippen molar-refractivity contribution in [1.82, 2.24) is 4.57 Å². The van der Waals surface area contributed by atoms with Crippen LogP contribution in [0.3, 0.4) is 0 Å². The van der Waals surface area contributed by atoms with Crippen molar-refractivity contribution in [2.75, 3.05) is 6.61 Å². The Morgan fingerprint density at radius 3 is 2.60 bits per heavy atom. The molecule has 99 valence electrons. The van der Waals surface area contributed by atoms with Gasteiger partial charge in [-0.05, 0) is 19.1 Å². The summed E-state index contributed by atoms with van der Waals surface area (Å²) in [5, 5.41) is 0. The molecule has 0 spiro atoms. The van der Waals surface area contributed by atoms with Gasteiger partial charge in [0.2, 0.25) is 0 Å². The summed E-state index contributed by atoms with van der Waals surface area (Å²) in [7, 11) is 0. The van der Waals surface area contributed by atoms with Crippen LogP contribution in [-0.4, -0.2) is 11.2 Å². The first-order chi connectivity index (χ1) is 9.26. The number of hydrogen-bond acceptors (Lipinski definition) is 2. The van der Waals surface area contributed by atoms with Crippen molar-refractivity contribution in [2.45, 2.75) is 13.5 Å². The Kier molecular flexibility index (Phi) is 6.71. The average molecular weight is 341 g/mol. The number of rotatable bonds is 4. The van der Waals surface area contributed by atoms with E-state index in [9.17, 15) is 4.79 Å². The van der Waals surface area contributed by atoms with Gasteiger partial charge in [0.1, 0.15) is 12.4 Å². The minimum Gasteiger partial charge on any atom is -0.481 e. The third kappa shape index (κ3) is 3.82. The number of nitrogens with zero attached hydrogens (tertiary/aromatic N) is 1. The first kappa shape index (κ1) is 16.7. The Bertz CT molecular complexity index is 653. The maximum atomic E-state index is 11.7. The molecule has 0 aliphatic carbocycles. The molecule has 1 radical (unpaired) electrons. The van der Waals surface area contributed by atoms with E-state index in [-0.39, 0.29) is 44.9 Å². The third-order valence-corrected chi connectivity index (χ3v) is 2.75. The summed E-state index contributed by atoms with van der Waals surface area (Å²) in [5.41, 5.74) is 1.68. The molecule has 0 aliphatic rings. The summed E-state index contributed by atoms with van der Waals surface area (Å²) in [5.74, 6) is 3.13. The maximum Gasteiger partial charge on any atom is 0.194 e. The summed E-state index contributed by atoms with van der Waals surface area (Å²) in [6.07, 6.45) is 5.13. The van der Waals surface area contributed by atoms with E-state index < -0.39 is 0 Å². The molecule has 0 saturated heterocycles. The molecular formula is C16H14NO2Y-. The SMILES string of the molecule is C#CCOc1ccc(-c2[c-]ccc(=O)n2CC)cc1.[Y]. The number of ether oxygens (including phenoxy) is 1. The predicted molar refractivity (Wildman–Crippen MR) is 75.0 cm³/mol. The van der Waals surface area contributed by atoms with Gasteiger partial charge in [-0.1, -0.05) is 23.2 Å². The van der Waals surface area contributed by atoms with E-state index in [2.05, 4.69) is 12.0 Å². The van der Waals surface area contributed by atoms with E-state index in [1.54, 1.807) is 10.6 Å². The molecule has 4 heteroatoms. The molecule has 1 aromatic heterocycles. The standard InChI is InChI=1S/C16H14NO2.Y/c1-3-12-19-14-10-8-13(9-11-14)15-6-5-7-16(18)17(15)4-2;/h1,5,7-11H,4,12H2,2H3;/q-1;. The molecule has 0 unspecified atom stereocenters. The van der Waals surface area contributed by atoms with E-state index in [1.165, 1.54) is 6.07 Å². The van der Waals surface area contributed by atoms with Gasteiger partial charge in [0.15, 0.2) is 5.56 Å². The fourth-order valence-electron chi connectivity index (χ4n) is 1.86. The smallest absolute Gasteiger partial charge is 0.194 e. The van der Waals surface area contributed by atoms with Crippen molar-refractivity contribution < 1.29 is 37.4 Å². The zero-order valence-electron chi connectivity index (χ0n) is 11.3. The van der Waals surface area contributed by atoms with Gasteiger partial charge in [0.05, 0.1) is 0 Å². The van der Waals surface area contributed by atoms with Crippen LogP contribution in [0.1, 0.15) is 6.92 Å². The fraction of sp³-hybridized carbons (Fsp3) is 0.188. The van der Waals surface area contributed by atoms with Crippen molar-refractivity contribution in [3.05, 3.63) is 52.8 Å². The third-order valence-electron chi connectivity index (χ3n) is 2.75. The van der Waals surface area contributed by atoms with Crippen LogP contribution >= 0.6 is 0 Å². The van der Waals surface area contributed by atoms with Crippen LogP contribution < -0.4 is 10.3 Å². The van der Waals surface area contributed by atoms with E-state index >= 15 is 0 Å². The van der Waals surface area contributed by atoms with Crippen LogP contribution in [0.4, 0.5) is 0 Å². The van der Waals surface area contributed by atoms with Crippen molar-refractivity contribution >= 4 is 0 Å². The molecule has 2 aromatic rings. The minimum atomic E-state index is -0.0242. The second-order valence-corrected chi connectivity index (χ2v) is 3.93. The molecule has 0 amide bonds. The monoisotopic (exact) mass is 341 g/mol. The topological polar surface area (TPSA) is 31.2 Å². The van der Waals surface area contributed by atoms with Crippen LogP contribution in [0.5, 0.6) is 5.75 Å². The number of terminal acetylenes is 1. The van der Waals surface area contributed by atoms with E-state index in [4.69, 9.17) is 11.2 Å². The summed E-state index contributed by atoms with van der Waals surface area (Å²) in [6, 6.07) is 13.7. The summed E-state index contributed by atoms with van der Waals surface area (Å²) >= 11 is 0. The van der Waals surface area contributed by atoms with Gasteiger partial charge in [-0.25, -0.2) is 0 Å². The summed E-state index contributed by atoms with van der Waals surface area (Å²) < 4.78 is 6.99.